The Kier molecular flexibility index (Phi) is 5.85. The zero-order valence-electron chi connectivity index (χ0n) is 11.2. The Hall–Kier alpha value is -1.36. The van der Waals surface area contributed by atoms with Crippen LogP contribution in [-0.4, -0.2) is 38.1 Å². The van der Waals surface area contributed by atoms with Gasteiger partial charge in [-0.05, 0) is 31.4 Å². The first kappa shape index (κ1) is 14.7. The smallest absolute Gasteiger partial charge is 0.251 e. The molecule has 4 nitrogen and oxygen atoms in total. The lowest BCUT2D eigenvalue weighted by Gasteiger charge is -2.21. The van der Waals surface area contributed by atoms with Gasteiger partial charge >= 0.3 is 0 Å². The molecule has 1 aromatic carbocycles. The number of amides is 1. The van der Waals surface area contributed by atoms with E-state index in [4.69, 9.17) is 5.73 Å². The van der Waals surface area contributed by atoms with E-state index in [2.05, 4.69) is 16.5 Å². The van der Waals surface area contributed by atoms with Crippen molar-refractivity contribution in [3.05, 3.63) is 23.8 Å². The van der Waals surface area contributed by atoms with Crippen LogP contribution in [0.1, 0.15) is 17.3 Å². The van der Waals surface area contributed by atoms with Gasteiger partial charge in [0.2, 0.25) is 0 Å². The number of nitrogens with one attached hydrogen (secondary N) is 1. The minimum atomic E-state index is -0.0583. The number of carbonyl (C=O) groups excluding carboxylic acids is 1. The van der Waals surface area contributed by atoms with E-state index in [1.165, 1.54) is 0 Å². The Bertz CT molecular complexity index is 409. The normalized spacial score (nSPS) is 10.2. The van der Waals surface area contributed by atoms with Crippen molar-refractivity contribution >= 4 is 29.0 Å². The molecule has 0 bridgehead atoms. The first-order chi connectivity index (χ1) is 8.60. The van der Waals surface area contributed by atoms with E-state index >= 15 is 0 Å². The molecule has 0 saturated carbocycles. The molecule has 3 N–H and O–H groups in total. The van der Waals surface area contributed by atoms with Crippen LogP contribution in [0.5, 0.6) is 0 Å². The number of anilines is 2. The molecular weight excluding hydrogens is 246 g/mol. The highest BCUT2D eigenvalue weighted by molar-refractivity contribution is 7.98. The fourth-order valence-corrected chi connectivity index (χ4v) is 2.08. The van der Waals surface area contributed by atoms with Crippen molar-refractivity contribution in [1.82, 2.24) is 5.32 Å². The number of benzene rings is 1. The Labute approximate surface area is 113 Å². The summed E-state index contributed by atoms with van der Waals surface area (Å²) in [6.45, 7) is 3.44. The summed E-state index contributed by atoms with van der Waals surface area (Å²) in [6, 6.07) is 5.39. The summed E-state index contributed by atoms with van der Waals surface area (Å²) in [6.07, 6.45) is 2.07. The molecule has 0 spiro atoms. The van der Waals surface area contributed by atoms with Crippen LogP contribution >= 0.6 is 11.8 Å². The average molecular weight is 267 g/mol. The Morgan fingerprint density at radius 1 is 1.50 bits per heavy atom. The van der Waals surface area contributed by atoms with Crippen molar-refractivity contribution in [1.29, 1.82) is 0 Å². The maximum absolute atomic E-state index is 11.8. The number of carbonyl (C=O) groups is 1. The van der Waals surface area contributed by atoms with Crippen molar-refractivity contribution in [2.45, 2.75) is 6.92 Å². The third-order valence-electron chi connectivity index (χ3n) is 2.67. The van der Waals surface area contributed by atoms with Crippen LogP contribution in [0.3, 0.4) is 0 Å². The topological polar surface area (TPSA) is 58.4 Å². The van der Waals surface area contributed by atoms with Gasteiger partial charge < -0.3 is 16.0 Å². The summed E-state index contributed by atoms with van der Waals surface area (Å²) in [5.74, 6) is 0.971. The monoisotopic (exact) mass is 267 g/mol. The van der Waals surface area contributed by atoms with Crippen LogP contribution in [0, 0.1) is 0 Å². The highest BCUT2D eigenvalue weighted by Crippen LogP contribution is 2.23. The van der Waals surface area contributed by atoms with E-state index in [9.17, 15) is 4.79 Å². The first-order valence-electron chi connectivity index (χ1n) is 5.98. The van der Waals surface area contributed by atoms with Crippen LogP contribution in [0.15, 0.2) is 18.2 Å². The summed E-state index contributed by atoms with van der Waals surface area (Å²) < 4.78 is 0. The predicted octanol–water partition coefficient (Wildman–Crippen LogP) is 1.82. The van der Waals surface area contributed by atoms with Crippen molar-refractivity contribution in [2.75, 3.05) is 42.8 Å². The van der Waals surface area contributed by atoms with Crippen LogP contribution in [0.4, 0.5) is 11.4 Å². The minimum Gasteiger partial charge on any atom is -0.397 e. The van der Waals surface area contributed by atoms with Gasteiger partial charge in [0.15, 0.2) is 0 Å². The third kappa shape index (κ3) is 3.84. The van der Waals surface area contributed by atoms with E-state index in [1.807, 2.05) is 20.0 Å². The third-order valence-corrected chi connectivity index (χ3v) is 3.26. The maximum atomic E-state index is 11.8. The van der Waals surface area contributed by atoms with Crippen molar-refractivity contribution in [2.24, 2.45) is 0 Å². The molecule has 18 heavy (non-hydrogen) atoms. The number of nitrogens with zero attached hydrogens (tertiary/aromatic N) is 1. The van der Waals surface area contributed by atoms with Crippen LogP contribution in [0.25, 0.3) is 0 Å². The second-order valence-corrected chi connectivity index (χ2v) is 5.03. The van der Waals surface area contributed by atoms with Crippen LogP contribution in [-0.2, 0) is 0 Å². The summed E-state index contributed by atoms with van der Waals surface area (Å²) in [4.78, 5) is 13.8. The molecule has 0 aliphatic carbocycles. The SMILES string of the molecule is CCNC(=O)c1ccc(N)c(N(C)CCSC)c1. The Morgan fingerprint density at radius 3 is 2.83 bits per heavy atom. The first-order valence-corrected chi connectivity index (χ1v) is 7.37. The van der Waals surface area contributed by atoms with Gasteiger partial charge in [-0.3, -0.25) is 4.79 Å². The van der Waals surface area contributed by atoms with Gasteiger partial charge in [-0.15, -0.1) is 0 Å². The number of nitrogens with two attached hydrogens (primary N) is 1. The Balaban J connectivity index is 2.90. The van der Waals surface area contributed by atoms with Crippen LogP contribution in [0.2, 0.25) is 0 Å². The highest BCUT2D eigenvalue weighted by Gasteiger charge is 2.10. The number of rotatable bonds is 6. The molecular formula is C13H21N3OS. The summed E-state index contributed by atoms with van der Waals surface area (Å²) >= 11 is 1.79. The van der Waals surface area contributed by atoms with Crippen LogP contribution < -0.4 is 16.0 Å². The lowest BCUT2D eigenvalue weighted by atomic mass is 10.1. The van der Waals surface area contributed by atoms with Gasteiger partial charge in [0.1, 0.15) is 0 Å². The predicted molar refractivity (Wildman–Crippen MR) is 80.5 cm³/mol. The molecule has 5 heteroatoms. The molecule has 0 saturated heterocycles. The molecule has 0 fully saturated rings. The van der Waals surface area contributed by atoms with Gasteiger partial charge in [-0.25, -0.2) is 0 Å². The lowest BCUT2D eigenvalue weighted by Crippen LogP contribution is -2.25. The summed E-state index contributed by atoms with van der Waals surface area (Å²) in [5, 5.41) is 2.79. The fourth-order valence-electron chi connectivity index (χ4n) is 1.63. The Morgan fingerprint density at radius 2 is 2.22 bits per heavy atom. The number of nitrogen functional groups attached to an aromatic ring is 1. The summed E-state index contributed by atoms with van der Waals surface area (Å²) in [5.41, 5.74) is 8.22. The maximum Gasteiger partial charge on any atom is 0.251 e. The number of hydrogen-bond donors (Lipinski definition) is 2. The summed E-state index contributed by atoms with van der Waals surface area (Å²) in [7, 11) is 1.99. The molecule has 0 aliphatic heterocycles. The second-order valence-electron chi connectivity index (χ2n) is 4.05. The minimum absolute atomic E-state index is 0.0583. The van der Waals surface area contributed by atoms with E-state index in [-0.39, 0.29) is 5.91 Å². The fraction of sp³-hybridized carbons (Fsp3) is 0.462. The molecule has 100 valence electrons. The standard InChI is InChI=1S/C13H21N3OS/c1-4-15-13(17)10-5-6-11(14)12(9-10)16(2)7-8-18-3/h5-6,9H,4,7-8,14H2,1-3H3,(H,15,17). The van der Waals surface area contributed by atoms with E-state index in [1.54, 1.807) is 23.9 Å². The highest BCUT2D eigenvalue weighted by atomic mass is 32.2. The van der Waals surface area contributed by atoms with Gasteiger partial charge in [-0.1, -0.05) is 0 Å². The van der Waals surface area contributed by atoms with Gasteiger partial charge in [0.25, 0.3) is 5.91 Å². The molecule has 0 radical (unpaired) electrons. The molecule has 0 aliphatic rings. The van der Waals surface area contributed by atoms with Crippen molar-refractivity contribution in [3.63, 3.8) is 0 Å². The molecule has 1 rings (SSSR count). The van der Waals surface area contributed by atoms with Crippen molar-refractivity contribution in [3.8, 4) is 0 Å². The molecule has 1 aromatic rings. The molecule has 0 aromatic heterocycles. The molecule has 0 unspecified atom stereocenters. The number of hydrogen-bond acceptors (Lipinski definition) is 4. The van der Waals surface area contributed by atoms with Crippen molar-refractivity contribution < 1.29 is 4.79 Å². The van der Waals surface area contributed by atoms with Gasteiger partial charge in [-0.2, -0.15) is 11.8 Å². The molecule has 0 atom stereocenters. The zero-order valence-corrected chi connectivity index (χ0v) is 12.0. The largest absolute Gasteiger partial charge is 0.397 e. The van der Waals surface area contributed by atoms with E-state index < -0.39 is 0 Å². The van der Waals surface area contributed by atoms with Gasteiger partial charge in [0, 0.05) is 31.5 Å². The lowest BCUT2D eigenvalue weighted by molar-refractivity contribution is 0.0956. The number of thioether (sulfide) groups is 1. The quantitative estimate of drug-likeness (QED) is 0.772. The average Bonchev–Trinajstić information content (AvgIpc) is 2.36. The zero-order chi connectivity index (χ0) is 13.5. The van der Waals surface area contributed by atoms with E-state index in [0.29, 0.717) is 17.8 Å². The molecule has 1 amide bonds. The molecule has 0 heterocycles. The second kappa shape index (κ2) is 7.16. The van der Waals surface area contributed by atoms with E-state index in [0.717, 1.165) is 18.0 Å². The van der Waals surface area contributed by atoms with Gasteiger partial charge in [0.05, 0.1) is 11.4 Å².